The molecule has 1 N–H and O–H groups in total. The fourth-order valence-corrected chi connectivity index (χ4v) is 1.82. The summed E-state index contributed by atoms with van der Waals surface area (Å²) >= 11 is 0. The summed E-state index contributed by atoms with van der Waals surface area (Å²) in [6, 6.07) is 4.08. The second kappa shape index (κ2) is 5.73. The Morgan fingerprint density at radius 2 is 2.00 bits per heavy atom. The van der Waals surface area contributed by atoms with E-state index >= 15 is 0 Å². The molecule has 2 heterocycles. The average molecular weight is 246 g/mol. The standard InChI is InChI=1S/C13H18N4O/c1-9(2)11(14-3)8-12-16-13(17-18-12)10-4-6-15-7-5-10/h4-7,9,11,14H,8H2,1-3H3. The van der Waals surface area contributed by atoms with Crippen molar-refractivity contribution in [1.29, 1.82) is 0 Å². The van der Waals surface area contributed by atoms with Gasteiger partial charge in [-0.25, -0.2) is 0 Å². The molecule has 0 aliphatic carbocycles. The molecular weight excluding hydrogens is 228 g/mol. The maximum Gasteiger partial charge on any atom is 0.228 e. The number of pyridine rings is 1. The van der Waals surface area contributed by atoms with Gasteiger partial charge in [0.1, 0.15) is 0 Å². The summed E-state index contributed by atoms with van der Waals surface area (Å²) < 4.78 is 5.28. The van der Waals surface area contributed by atoms with Crippen LogP contribution in [-0.4, -0.2) is 28.2 Å². The maximum atomic E-state index is 5.28. The summed E-state index contributed by atoms with van der Waals surface area (Å²) in [6.07, 6.45) is 4.18. The molecule has 18 heavy (non-hydrogen) atoms. The van der Waals surface area contributed by atoms with Crippen LogP contribution >= 0.6 is 0 Å². The van der Waals surface area contributed by atoms with Gasteiger partial charge in [-0.15, -0.1) is 0 Å². The fourth-order valence-electron chi connectivity index (χ4n) is 1.82. The van der Waals surface area contributed by atoms with Crippen molar-refractivity contribution in [2.75, 3.05) is 7.05 Å². The van der Waals surface area contributed by atoms with Crippen molar-refractivity contribution in [3.05, 3.63) is 30.4 Å². The minimum absolute atomic E-state index is 0.343. The van der Waals surface area contributed by atoms with Crippen LogP contribution in [0, 0.1) is 5.92 Å². The SMILES string of the molecule is CNC(Cc1nc(-c2ccncc2)no1)C(C)C. The van der Waals surface area contributed by atoms with Crippen LogP contribution in [0.25, 0.3) is 11.4 Å². The van der Waals surface area contributed by atoms with E-state index < -0.39 is 0 Å². The average Bonchev–Trinajstić information content (AvgIpc) is 2.85. The van der Waals surface area contributed by atoms with Crippen molar-refractivity contribution in [1.82, 2.24) is 20.4 Å². The largest absolute Gasteiger partial charge is 0.339 e. The van der Waals surface area contributed by atoms with Gasteiger partial charge in [-0.3, -0.25) is 4.98 Å². The number of nitrogens with one attached hydrogen (secondary N) is 1. The van der Waals surface area contributed by atoms with E-state index in [4.69, 9.17) is 4.52 Å². The molecular formula is C13H18N4O. The topological polar surface area (TPSA) is 63.8 Å². The third kappa shape index (κ3) is 2.92. The Kier molecular flexibility index (Phi) is 4.04. The summed E-state index contributed by atoms with van der Waals surface area (Å²) in [4.78, 5) is 8.37. The molecule has 0 saturated heterocycles. The highest BCUT2D eigenvalue weighted by atomic mass is 16.5. The van der Waals surface area contributed by atoms with E-state index in [-0.39, 0.29) is 0 Å². The first-order valence-corrected chi connectivity index (χ1v) is 6.11. The summed E-state index contributed by atoms with van der Waals surface area (Å²) in [6.45, 7) is 4.34. The number of aromatic nitrogens is 3. The van der Waals surface area contributed by atoms with E-state index in [0.29, 0.717) is 23.7 Å². The Hall–Kier alpha value is -1.75. The molecule has 0 aliphatic rings. The normalized spacial score (nSPS) is 12.9. The molecule has 5 nitrogen and oxygen atoms in total. The molecule has 2 aromatic heterocycles. The molecule has 0 spiro atoms. The second-order valence-electron chi connectivity index (χ2n) is 4.59. The molecule has 5 heteroatoms. The van der Waals surface area contributed by atoms with Gasteiger partial charge in [0.05, 0.1) is 0 Å². The third-order valence-electron chi connectivity index (χ3n) is 2.98. The van der Waals surface area contributed by atoms with Gasteiger partial charge in [-0.1, -0.05) is 19.0 Å². The second-order valence-corrected chi connectivity index (χ2v) is 4.59. The Morgan fingerprint density at radius 1 is 1.28 bits per heavy atom. The van der Waals surface area contributed by atoms with Crippen LogP contribution < -0.4 is 5.32 Å². The zero-order valence-corrected chi connectivity index (χ0v) is 10.9. The first kappa shape index (κ1) is 12.7. The maximum absolute atomic E-state index is 5.28. The molecule has 2 aromatic rings. The van der Waals surface area contributed by atoms with Gasteiger partial charge in [0.25, 0.3) is 0 Å². The summed E-state index contributed by atoms with van der Waals surface area (Å²) in [7, 11) is 1.95. The number of likely N-dealkylation sites (N-methyl/N-ethyl adjacent to an activating group) is 1. The number of hydrogen-bond acceptors (Lipinski definition) is 5. The highest BCUT2D eigenvalue weighted by molar-refractivity contribution is 5.52. The van der Waals surface area contributed by atoms with Gasteiger partial charge in [0, 0.05) is 30.4 Å². The van der Waals surface area contributed by atoms with Gasteiger partial charge in [0.2, 0.25) is 11.7 Å². The lowest BCUT2D eigenvalue weighted by molar-refractivity contribution is 0.335. The molecule has 1 unspecified atom stereocenters. The predicted molar refractivity (Wildman–Crippen MR) is 68.9 cm³/mol. The summed E-state index contributed by atoms with van der Waals surface area (Å²) in [5, 5.41) is 7.25. The fraction of sp³-hybridized carbons (Fsp3) is 0.462. The summed E-state index contributed by atoms with van der Waals surface area (Å²) in [5.74, 6) is 1.80. The molecule has 0 aromatic carbocycles. The van der Waals surface area contributed by atoms with Gasteiger partial charge in [-0.05, 0) is 25.1 Å². The van der Waals surface area contributed by atoms with Crippen LogP contribution in [-0.2, 0) is 6.42 Å². The van der Waals surface area contributed by atoms with E-state index in [0.717, 1.165) is 12.0 Å². The highest BCUT2D eigenvalue weighted by Crippen LogP contribution is 2.15. The van der Waals surface area contributed by atoms with Crippen molar-refractivity contribution in [3.8, 4) is 11.4 Å². The Labute approximate surface area is 107 Å². The van der Waals surface area contributed by atoms with Crippen molar-refractivity contribution >= 4 is 0 Å². The Morgan fingerprint density at radius 3 is 2.61 bits per heavy atom. The molecule has 96 valence electrons. The Bertz CT molecular complexity index is 481. The van der Waals surface area contributed by atoms with E-state index in [2.05, 4.69) is 34.3 Å². The minimum atomic E-state index is 0.343. The van der Waals surface area contributed by atoms with Crippen molar-refractivity contribution in [2.45, 2.75) is 26.3 Å². The molecule has 1 atom stereocenters. The van der Waals surface area contributed by atoms with Gasteiger partial charge >= 0.3 is 0 Å². The van der Waals surface area contributed by atoms with E-state index in [1.54, 1.807) is 12.4 Å². The molecule has 0 bridgehead atoms. The van der Waals surface area contributed by atoms with Crippen LogP contribution in [0.15, 0.2) is 29.0 Å². The quantitative estimate of drug-likeness (QED) is 0.873. The number of rotatable bonds is 5. The van der Waals surface area contributed by atoms with Crippen LogP contribution in [0.4, 0.5) is 0 Å². The zero-order chi connectivity index (χ0) is 13.0. The Balaban J connectivity index is 2.11. The molecule has 2 rings (SSSR count). The monoisotopic (exact) mass is 246 g/mol. The molecule has 0 fully saturated rings. The smallest absolute Gasteiger partial charge is 0.228 e. The van der Waals surface area contributed by atoms with Crippen molar-refractivity contribution in [2.24, 2.45) is 5.92 Å². The molecule has 0 amide bonds. The number of nitrogens with zero attached hydrogens (tertiary/aromatic N) is 3. The highest BCUT2D eigenvalue weighted by Gasteiger charge is 2.16. The van der Waals surface area contributed by atoms with Gasteiger partial charge in [-0.2, -0.15) is 4.98 Å². The first-order chi connectivity index (χ1) is 8.70. The van der Waals surface area contributed by atoms with Crippen LogP contribution in [0.2, 0.25) is 0 Å². The molecule has 0 saturated carbocycles. The van der Waals surface area contributed by atoms with E-state index in [9.17, 15) is 0 Å². The van der Waals surface area contributed by atoms with Crippen molar-refractivity contribution in [3.63, 3.8) is 0 Å². The number of hydrogen-bond donors (Lipinski definition) is 1. The zero-order valence-electron chi connectivity index (χ0n) is 10.9. The van der Waals surface area contributed by atoms with Crippen LogP contribution in [0.5, 0.6) is 0 Å². The lowest BCUT2D eigenvalue weighted by Gasteiger charge is -2.17. The minimum Gasteiger partial charge on any atom is -0.339 e. The van der Waals surface area contributed by atoms with E-state index in [1.165, 1.54) is 0 Å². The predicted octanol–water partition coefficient (Wildman–Crippen LogP) is 1.92. The van der Waals surface area contributed by atoms with Crippen molar-refractivity contribution < 1.29 is 4.52 Å². The molecule has 0 radical (unpaired) electrons. The molecule has 0 aliphatic heterocycles. The first-order valence-electron chi connectivity index (χ1n) is 6.11. The van der Waals surface area contributed by atoms with E-state index in [1.807, 2.05) is 19.2 Å². The third-order valence-corrected chi connectivity index (χ3v) is 2.98. The van der Waals surface area contributed by atoms with Gasteiger partial charge < -0.3 is 9.84 Å². The lowest BCUT2D eigenvalue weighted by Crippen LogP contribution is -2.32. The summed E-state index contributed by atoms with van der Waals surface area (Å²) in [5.41, 5.74) is 0.922. The lowest BCUT2D eigenvalue weighted by atomic mass is 10.0. The van der Waals surface area contributed by atoms with Crippen LogP contribution in [0.3, 0.4) is 0 Å². The van der Waals surface area contributed by atoms with Gasteiger partial charge in [0.15, 0.2) is 0 Å². The van der Waals surface area contributed by atoms with Crippen LogP contribution in [0.1, 0.15) is 19.7 Å².